The lowest BCUT2D eigenvalue weighted by Crippen LogP contribution is -2.42. The summed E-state index contributed by atoms with van der Waals surface area (Å²) >= 11 is 11.2. The number of carbonyl (C=O) groups is 1. The van der Waals surface area contributed by atoms with Crippen molar-refractivity contribution in [2.24, 2.45) is 5.92 Å². The number of benzene rings is 1. The molecular weight excluding hydrogens is 296 g/mol. The third-order valence-electron chi connectivity index (χ3n) is 3.41. The monoisotopic (exact) mass is 312 g/mol. The highest BCUT2D eigenvalue weighted by atomic mass is 35.5. The minimum Gasteiger partial charge on any atom is -0.469 e. The van der Waals surface area contributed by atoms with E-state index in [9.17, 15) is 4.79 Å². The molecule has 1 aromatic carbocycles. The zero-order valence-electron chi connectivity index (χ0n) is 11.3. The molecule has 1 aliphatic heterocycles. The maximum atomic E-state index is 11.5. The summed E-state index contributed by atoms with van der Waals surface area (Å²) < 4.78 is 4.77. The molecule has 1 aliphatic rings. The molecule has 108 valence electrons. The summed E-state index contributed by atoms with van der Waals surface area (Å²) in [5.74, 6) is -0.129. The highest BCUT2D eigenvalue weighted by molar-refractivity contribution is 7.80. The average Bonchev–Trinajstić information content (AvgIpc) is 2.49. The fourth-order valence-corrected chi connectivity index (χ4v) is 2.65. The number of piperidine rings is 1. The number of halogens is 1. The Kier molecular flexibility index (Phi) is 5.20. The second-order valence-corrected chi connectivity index (χ2v) is 5.54. The molecule has 1 heterocycles. The molecule has 0 atom stereocenters. The van der Waals surface area contributed by atoms with Gasteiger partial charge >= 0.3 is 5.97 Å². The van der Waals surface area contributed by atoms with Crippen molar-refractivity contribution in [1.82, 2.24) is 4.90 Å². The van der Waals surface area contributed by atoms with E-state index >= 15 is 0 Å². The second-order valence-electron chi connectivity index (χ2n) is 4.72. The Morgan fingerprint density at radius 1 is 1.35 bits per heavy atom. The number of nitrogens with zero attached hydrogens (tertiary/aromatic N) is 1. The van der Waals surface area contributed by atoms with Crippen molar-refractivity contribution in [3.8, 4) is 0 Å². The SMILES string of the molecule is COC(=O)C1CCN(C(=S)Nc2ccc(Cl)cc2)CC1. The molecule has 20 heavy (non-hydrogen) atoms. The summed E-state index contributed by atoms with van der Waals surface area (Å²) in [6.45, 7) is 1.53. The molecule has 1 N–H and O–H groups in total. The van der Waals surface area contributed by atoms with Crippen LogP contribution in [0.25, 0.3) is 0 Å². The predicted molar refractivity (Wildman–Crippen MR) is 84.0 cm³/mol. The molecule has 0 aliphatic carbocycles. The third kappa shape index (κ3) is 3.84. The quantitative estimate of drug-likeness (QED) is 0.672. The van der Waals surface area contributed by atoms with E-state index in [0.717, 1.165) is 31.6 Å². The number of hydrogen-bond donors (Lipinski definition) is 1. The molecule has 4 nitrogen and oxygen atoms in total. The summed E-state index contributed by atoms with van der Waals surface area (Å²) in [7, 11) is 1.43. The summed E-state index contributed by atoms with van der Waals surface area (Å²) in [5, 5.41) is 4.55. The van der Waals surface area contributed by atoms with Crippen LogP contribution in [0, 0.1) is 5.92 Å². The van der Waals surface area contributed by atoms with Gasteiger partial charge in [-0.05, 0) is 49.3 Å². The van der Waals surface area contributed by atoms with Gasteiger partial charge in [-0.2, -0.15) is 0 Å². The number of thiocarbonyl (C=S) groups is 1. The lowest BCUT2D eigenvalue weighted by molar-refractivity contribution is -0.146. The van der Waals surface area contributed by atoms with E-state index in [-0.39, 0.29) is 11.9 Å². The Hall–Kier alpha value is -1.33. The van der Waals surface area contributed by atoms with Gasteiger partial charge in [0.25, 0.3) is 0 Å². The number of methoxy groups -OCH3 is 1. The molecule has 0 radical (unpaired) electrons. The van der Waals surface area contributed by atoms with Crippen LogP contribution in [-0.4, -0.2) is 36.2 Å². The lowest BCUT2D eigenvalue weighted by Gasteiger charge is -2.32. The number of carbonyl (C=O) groups excluding carboxylic acids is 1. The minimum atomic E-state index is -0.124. The number of likely N-dealkylation sites (tertiary alicyclic amines) is 1. The van der Waals surface area contributed by atoms with Crippen LogP contribution in [0.5, 0.6) is 0 Å². The van der Waals surface area contributed by atoms with E-state index < -0.39 is 0 Å². The van der Waals surface area contributed by atoms with Gasteiger partial charge in [0.15, 0.2) is 5.11 Å². The first-order valence-electron chi connectivity index (χ1n) is 6.49. The van der Waals surface area contributed by atoms with Crippen LogP contribution in [0.3, 0.4) is 0 Å². The molecule has 1 aromatic rings. The van der Waals surface area contributed by atoms with Gasteiger partial charge in [0.2, 0.25) is 0 Å². The number of hydrogen-bond acceptors (Lipinski definition) is 3. The van der Waals surface area contributed by atoms with Crippen LogP contribution in [0.2, 0.25) is 5.02 Å². The molecule has 1 fully saturated rings. The van der Waals surface area contributed by atoms with Crippen molar-refractivity contribution in [2.45, 2.75) is 12.8 Å². The van der Waals surface area contributed by atoms with Crippen LogP contribution in [0.1, 0.15) is 12.8 Å². The largest absolute Gasteiger partial charge is 0.469 e. The Labute approximate surface area is 129 Å². The molecule has 1 saturated heterocycles. The standard InChI is InChI=1S/C14H17ClN2O2S/c1-19-13(18)10-6-8-17(9-7-10)14(20)16-12-4-2-11(15)3-5-12/h2-5,10H,6-9H2,1H3,(H,16,20). The van der Waals surface area contributed by atoms with E-state index in [1.807, 2.05) is 24.3 Å². The molecule has 2 rings (SSSR count). The van der Waals surface area contributed by atoms with Crippen molar-refractivity contribution in [2.75, 3.05) is 25.5 Å². The van der Waals surface area contributed by atoms with Crippen LogP contribution in [0.15, 0.2) is 24.3 Å². The molecule has 0 aromatic heterocycles. The van der Waals surface area contributed by atoms with Crippen LogP contribution < -0.4 is 5.32 Å². The second kappa shape index (κ2) is 6.90. The lowest BCUT2D eigenvalue weighted by atomic mass is 9.97. The Balaban J connectivity index is 1.85. The minimum absolute atomic E-state index is 0.00502. The zero-order chi connectivity index (χ0) is 14.5. The van der Waals surface area contributed by atoms with E-state index in [2.05, 4.69) is 10.2 Å². The summed E-state index contributed by atoms with van der Waals surface area (Å²) in [6.07, 6.45) is 1.55. The van der Waals surface area contributed by atoms with Crippen molar-refractivity contribution in [1.29, 1.82) is 0 Å². The highest BCUT2D eigenvalue weighted by Crippen LogP contribution is 2.20. The van der Waals surface area contributed by atoms with Gasteiger partial charge in [0.1, 0.15) is 0 Å². The average molecular weight is 313 g/mol. The van der Waals surface area contributed by atoms with Gasteiger partial charge in [-0.1, -0.05) is 11.6 Å². The molecule has 0 spiro atoms. The van der Waals surface area contributed by atoms with Crippen molar-refractivity contribution < 1.29 is 9.53 Å². The molecule has 0 amide bonds. The van der Waals surface area contributed by atoms with Crippen molar-refractivity contribution in [3.63, 3.8) is 0 Å². The summed E-state index contributed by atoms with van der Waals surface area (Å²) in [5.41, 5.74) is 0.912. The number of ether oxygens (including phenoxy) is 1. The summed E-state index contributed by atoms with van der Waals surface area (Å²) in [6, 6.07) is 7.40. The maximum Gasteiger partial charge on any atom is 0.308 e. The third-order valence-corrected chi connectivity index (χ3v) is 4.02. The normalized spacial score (nSPS) is 15.8. The van der Waals surface area contributed by atoms with E-state index in [0.29, 0.717) is 10.1 Å². The molecule has 6 heteroatoms. The zero-order valence-corrected chi connectivity index (χ0v) is 12.8. The van der Waals surface area contributed by atoms with Gasteiger partial charge in [-0.3, -0.25) is 4.79 Å². The topological polar surface area (TPSA) is 41.6 Å². The first-order valence-corrected chi connectivity index (χ1v) is 7.28. The molecule has 0 bridgehead atoms. The smallest absolute Gasteiger partial charge is 0.308 e. The van der Waals surface area contributed by atoms with Gasteiger partial charge < -0.3 is 15.0 Å². The van der Waals surface area contributed by atoms with E-state index in [4.69, 9.17) is 28.6 Å². The molecule has 0 saturated carbocycles. The number of nitrogens with one attached hydrogen (secondary N) is 1. The number of rotatable bonds is 2. The van der Waals surface area contributed by atoms with Gasteiger partial charge in [0, 0.05) is 23.8 Å². The summed E-state index contributed by atoms with van der Waals surface area (Å²) in [4.78, 5) is 13.5. The van der Waals surface area contributed by atoms with Crippen LogP contribution in [-0.2, 0) is 9.53 Å². The Morgan fingerprint density at radius 2 is 1.95 bits per heavy atom. The Morgan fingerprint density at radius 3 is 2.50 bits per heavy atom. The first-order chi connectivity index (χ1) is 9.60. The number of esters is 1. The highest BCUT2D eigenvalue weighted by Gasteiger charge is 2.26. The van der Waals surface area contributed by atoms with E-state index in [1.165, 1.54) is 7.11 Å². The van der Waals surface area contributed by atoms with Gasteiger partial charge in [0.05, 0.1) is 13.0 Å². The molecular formula is C14H17ClN2O2S. The van der Waals surface area contributed by atoms with Crippen molar-refractivity contribution in [3.05, 3.63) is 29.3 Å². The van der Waals surface area contributed by atoms with Gasteiger partial charge in [-0.25, -0.2) is 0 Å². The van der Waals surface area contributed by atoms with Crippen molar-refractivity contribution >= 4 is 40.6 Å². The van der Waals surface area contributed by atoms with Crippen LogP contribution >= 0.6 is 23.8 Å². The number of anilines is 1. The molecule has 0 unspecified atom stereocenters. The van der Waals surface area contributed by atoms with E-state index in [1.54, 1.807) is 0 Å². The predicted octanol–water partition coefficient (Wildman–Crippen LogP) is 2.92. The fraction of sp³-hybridized carbons (Fsp3) is 0.429. The Bertz CT molecular complexity index is 484. The maximum absolute atomic E-state index is 11.5. The first kappa shape index (κ1) is 15.1. The van der Waals surface area contributed by atoms with Crippen LogP contribution in [0.4, 0.5) is 5.69 Å². The van der Waals surface area contributed by atoms with Gasteiger partial charge in [-0.15, -0.1) is 0 Å². The fourth-order valence-electron chi connectivity index (χ4n) is 2.22.